The average Bonchev–Trinajstić information content (AvgIpc) is 2.92. The molecule has 0 saturated heterocycles. The molecular weight excluding hydrogens is 262 g/mol. The molecule has 3 heterocycles. The number of hydrogen-bond donors (Lipinski definition) is 0. The lowest BCUT2D eigenvalue weighted by Crippen LogP contribution is -2.13. The van der Waals surface area contributed by atoms with Crippen LogP contribution in [0.3, 0.4) is 0 Å². The molecule has 0 fully saturated rings. The van der Waals surface area contributed by atoms with E-state index in [1.807, 2.05) is 48.5 Å². The van der Waals surface area contributed by atoms with Crippen molar-refractivity contribution in [2.45, 2.75) is 0 Å². The van der Waals surface area contributed by atoms with Gasteiger partial charge in [-0.15, -0.1) is 0 Å². The van der Waals surface area contributed by atoms with E-state index >= 15 is 0 Å². The molecule has 2 aromatic carbocycles. The molecule has 4 nitrogen and oxygen atoms in total. The summed E-state index contributed by atoms with van der Waals surface area (Å²) >= 11 is 0. The summed E-state index contributed by atoms with van der Waals surface area (Å²) in [5, 5.41) is 3.73. The van der Waals surface area contributed by atoms with Crippen LogP contribution >= 0.6 is 0 Å². The van der Waals surface area contributed by atoms with Gasteiger partial charge >= 0.3 is 0 Å². The Morgan fingerprint density at radius 2 is 1.67 bits per heavy atom. The number of rotatable bonds is 0. The van der Waals surface area contributed by atoms with Crippen molar-refractivity contribution in [1.29, 1.82) is 0 Å². The first-order valence-electron chi connectivity index (χ1n) is 6.75. The van der Waals surface area contributed by atoms with Gasteiger partial charge in [-0.25, -0.2) is 14.4 Å². The minimum absolute atomic E-state index is 0.0597. The summed E-state index contributed by atoms with van der Waals surface area (Å²) in [7, 11) is 0. The number of hydrogen-bond acceptors (Lipinski definition) is 3. The molecule has 0 atom stereocenters. The SMILES string of the molecule is O=c1c2cccc3cccc(c32)c2nc3cccnc3n12. The molecule has 0 aliphatic carbocycles. The molecule has 5 rings (SSSR count). The van der Waals surface area contributed by atoms with Crippen LogP contribution in [0.5, 0.6) is 0 Å². The van der Waals surface area contributed by atoms with Crippen molar-refractivity contribution in [3.63, 3.8) is 0 Å². The molecule has 5 aromatic rings. The van der Waals surface area contributed by atoms with Gasteiger partial charge in [0, 0.05) is 22.4 Å². The van der Waals surface area contributed by atoms with Crippen LogP contribution in [-0.2, 0) is 0 Å². The Labute approximate surface area is 118 Å². The zero-order chi connectivity index (χ0) is 14.0. The van der Waals surface area contributed by atoms with E-state index in [2.05, 4.69) is 9.97 Å². The summed E-state index contributed by atoms with van der Waals surface area (Å²) in [6, 6.07) is 15.5. The lowest BCUT2D eigenvalue weighted by atomic mass is 10.0. The Kier molecular flexibility index (Phi) is 1.81. The Balaban J connectivity index is 2.27. The van der Waals surface area contributed by atoms with Gasteiger partial charge in [0.15, 0.2) is 5.65 Å². The second-order valence-electron chi connectivity index (χ2n) is 5.13. The second kappa shape index (κ2) is 3.55. The largest absolute Gasteiger partial charge is 0.268 e. The smallest absolute Gasteiger partial charge is 0.265 e. The van der Waals surface area contributed by atoms with Crippen LogP contribution in [0.1, 0.15) is 0 Å². The van der Waals surface area contributed by atoms with Crippen LogP contribution in [0.15, 0.2) is 59.5 Å². The van der Waals surface area contributed by atoms with E-state index in [1.165, 1.54) is 0 Å². The van der Waals surface area contributed by atoms with E-state index in [0.29, 0.717) is 16.7 Å². The van der Waals surface area contributed by atoms with Crippen molar-refractivity contribution in [2.24, 2.45) is 0 Å². The molecule has 0 saturated carbocycles. The van der Waals surface area contributed by atoms with Gasteiger partial charge in [0.2, 0.25) is 0 Å². The third-order valence-corrected chi connectivity index (χ3v) is 4.00. The summed E-state index contributed by atoms with van der Waals surface area (Å²) in [6.45, 7) is 0. The monoisotopic (exact) mass is 271 g/mol. The van der Waals surface area contributed by atoms with Crippen molar-refractivity contribution in [1.82, 2.24) is 14.4 Å². The number of pyridine rings is 2. The highest BCUT2D eigenvalue weighted by molar-refractivity contribution is 6.15. The van der Waals surface area contributed by atoms with Gasteiger partial charge in [0.05, 0.1) is 0 Å². The number of imidazole rings is 1. The topological polar surface area (TPSA) is 47.3 Å². The first-order chi connectivity index (χ1) is 10.3. The number of benzene rings is 2. The molecule has 4 heteroatoms. The summed E-state index contributed by atoms with van der Waals surface area (Å²) < 4.78 is 1.62. The van der Waals surface area contributed by atoms with Crippen LogP contribution < -0.4 is 5.56 Å². The summed E-state index contributed by atoms with van der Waals surface area (Å²) in [5.74, 6) is 0. The summed E-state index contributed by atoms with van der Waals surface area (Å²) in [5.41, 5.74) is 1.98. The third kappa shape index (κ3) is 1.22. The second-order valence-corrected chi connectivity index (χ2v) is 5.13. The molecule has 98 valence electrons. The van der Waals surface area contributed by atoms with Crippen LogP contribution in [0.2, 0.25) is 0 Å². The lowest BCUT2D eigenvalue weighted by Gasteiger charge is -2.06. The zero-order valence-electron chi connectivity index (χ0n) is 10.9. The van der Waals surface area contributed by atoms with E-state index in [-0.39, 0.29) is 5.56 Å². The van der Waals surface area contributed by atoms with Gasteiger partial charge in [-0.3, -0.25) is 4.79 Å². The van der Waals surface area contributed by atoms with Crippen molar-refractivity contribution in [3.05, 3.63) is 65.1 Å². The molecule has 0 N–H and O–H groups in total. The lowest BCUT2D eigenvalue weighted by molar-refractivity contribution is 1.15. The molecule has 3 aromatic heterocycles. The van der Waals surface area contributed by atoms with Crippen molar-refractivity contribution < 1.29 is 0 Å². The number of aromatic nitrogens is 3. The third-order valence-electron chi connectivity index (χ3n) is 4.00. The Morgan fingerprint density at radius 3 is 2.52 bits per heavy atom. The van der Waals surface area contributed by atoms with E-state index in [0.717, 1.165) is 21.7 Å². The molecule has 0 aliphatic rings. The molecule has 0 unspecified atom stereocenters. The maximum atomic E-state index is 12.9. The quantitative estimate of drug-likeness (QED) is 0.435. The average molecular weight is 271 g/mol. The van der Waals surface area contributed by atoms with Gasteiger partial charge in [0.1, 0.15) is 11.2 Å². The Bertz CT molecular complexity index is 1200. The van der Waals surface area contributed by atoms with Crippen LogP contribution in [0, 0.1) is 0 Å². The number of fused-ring (bicyclic) bond motifs is 4. The van der Waals surface area contributed by atoms with Crippen LogP contribution in [0.25, 0.3) is 38.4 Å². The summed E-state index contributed by atoms with van der Waals surface area (Å²) in [4.78, 5) is 21.8. The van der Waals surface area contributed by atoms with Crippen molar-refractivity contribution in [3.8, 4) is 0 Å². The van der Waals surface area contributed by atoms with Crippen molar-refractivity contribution in [2.75, 3.05) is 0 Å². The first kappa shape index (κ1) is 10.7. The molecular formula is C17H9N3O. The maximum absolute atomic E-state index is 12.9. The fourth-order valence-electron chi connectivity index (χ4n) is 3.11. The van der Waals surface area contributed by atoms with Gasteiger partial charge in [-0.05, 0) is 23.6 Å². The zero-order valence-corrected chi connectivity index (χ0v) is 10.9. The van der Waals surface area contributed by atoms with Gasteiger partial charge < -0.3 is 0 Å². The minimum atomic E-state index is -0.0597. The van der Waals surface area contributed by atoms with E-state index < -0.39 is 0 Å². The Morgan fingerprint density at radius 1 is 0.857 bits per heavy atom. The highest BCUT2D eigenvalue weighted by Gasteiger charge is 2.15. The molecule has 0 spiro atoms. The molecule has 0 bridgehead atoms. The summed E-state index contributed by atoms with van der Waals surface area (Å²) in [6.07, 6.45) is 1.69. The molecule has 0 radical (unpaired) electrons. The molecule has 21 heavy (non-hydrogen) atoms. The maximum Gasteiger partial charge on any atom is 0.265 e. The first-order valence-corrected chi connectivity index (χ1v) is 6.75. The van der Waals surface area contributed by atoms with E-state index in [1.54, 1.807) is 10.6 Å². The predicted octanol–water partition coefficient (Wildman–Crippen LogP) is 2.99. The standard InChI is InChI=1S/C17H9N3O/c21-17-12-7-2-5-10-4-1-6-11(14(10)12)15-19-13-8-3-9-18-16(13)20(15)17/h1-9H. The highest BCUT2D eigenvalue weighted by Crippen LogP contribution is 2.28. The van der Waals surface area contributed by atoms with Crippen molar-refractivity contribution >= 4 is 38.4 Å². The predicted molar refractivity (Wildman–Crippen MR) is 83.0 cm³/mol. The Hall–Kier alpha value is -3.01. The van der Waals surface area contributed by atoms with Gasteiger partial charge in [-0.1, -0.05) is 30.3 Å². The normalized spacial score (nSPS) is 12.0. The van der Waals surface area contributed by atoms with E-state index in [4.69, 9.17) is 0 Å². The highest BCUT2D eigenvalue weighted by atomic mass is 16.1. The van der Waals surface area contributed by atoms with E-state index in [9.17, 15) is 4.79 Å². The van der Waals surface area contributed by atoms with Gasteiger partial charge in [0.25, 0.3) is 5.56 Å². The fraction of sp³-hybridized carbons (Fsp3) is 0. The fourth-order valence-corrected chi connectivity index (χ4v) is 3.11. The van der Waals surface area contributed by atoms with Crippen LogP contribution in [0.4, 0.5) is 0 Å². The number of nitrogens with zero attached hydrogens (tertiary/aromatic N) is 3. The van der Waals surface area contributed by atoms with Gasteiger partial charge in [-0.2, -0.15) is 0 Å². The van der Waals surface area contributed by atoms with Crippen LogP contribution in [-0.4, -0.2) is 14.4 Å². The molecule has 0 amide bonds. The minimum Gasteiger partial charge on any atom is -0.268 e. The molecule has 0 aliphatic heterocycles.